The number of hydrogen-bond donors (Lipinski definition) is 0. The van der Waals surface area contributed by atoms with Gasteiger partial charge in [0, 0.05) is 5.57 Å². The summed E-state index contributed by atoms with van der Waals surface area (Å²) < 4.78 is 4.85. The molecule has 2 nitrogen and oxygen atoms in total. The zero-order chi connectivity index (χ0) is 10.8. The van der Waals surface area contributed by atoms with Crippen LogP contribution in [0.1, 0.15) is 26.7 Å². The Labute approximate surface area is 86.0 Å². The van der Waals surface area contributed by atoms with Crippen LogP contribution in [0.25, 0.3) is 0 Å². The van der Waals surface area contributed by atoms with Gasteiger partial charge in [0.2, 0.25) is 0 Å². The molecule has 0 saturated carbocycles. The molecule has 0 aromatic carbocycles. The van der Waals surface area contributed by atoms with E-state index in [1.54, 1.807) is 13.0 Å². The van der Waals surface area contributed by atoms with Crippen LogP contribution < -0.4 is 0 Å². The summed E-state index contributed by atoms with van der Waals surface area (Å²) in [4.78, 5) is 10.9. The minimum Gasteiger partial charge on any atom is -0.458 e. The zero-order valence-electron chi connectivity index (χ0n) is 8.95. The van der Waals surface area contributed by atoms with Crippen molar-refractivity contribution in [3.05, 3.63) is 36.5 Å². The summed E-state index contributed by atoms with van der Waals surface area (Å²) in [6.45, 7) is 7.55. The number of hydrogen-bond acceptors (Lipinski definition) is 2. The molecule has 0 aromatic rings. The van der Waals surface area contributed by atoms with Crippen LogP contribution in [0, 0.1) is 0 Å². The van der Waals surface area contributed by atoms with Crippen LogP contribution in [0.15, 0.2) is 36.5 Å². The molecule has 14 heavy (non-hydrogen) atoms. The lowest BCUT2D eigenvalue weighted by Crippen LogP contribution is -2.04. The monoisotopic (exact) mass is 194 g/mol. The van der Waals surface area contributed by atoms with Gasteiger partial charge in [0.15, 0.2) is 0 Å². The standard InChI is InChI=1S/C12H18O2/c1-4-5-6-7-8-9-10-14-12(13)11(2)3/h6-9H,2,4-5,10H2,1,3H3/b7-6?,9-8+. The van der Waals surface area contributed by atoms with Crippen molar-refractivity contribution in [2.24, 2.45) is 0 Å². The molecule has 0 fully saturated rings. The summed E-state index contributed by atoms with van der Waals surface area (Å²) in [5.41, 5.74) is 0.430. The molecule has 0 unspecified atom stereocenters. The molecule has 0 amide bonds. The first-order valence-electron chi connectivity index (χ1n) is 4.82. The fraction of sp³-hybridized carbons (Fsp3) is 0.417. The molecule has 0 aliphatic heterocycles. The third kappa shape index (κ3) is 7.35. The Morgan fingerprint density at radius 2 is 2.00 bits per heavy atom. The number of ether oxygens (including phenoxy) is 1. The van der Waals surface area contributed by atoms with E-state index in [0.29, 0.717) is 12.2 Å². The normalized spacial score (nSPS) is 11.0. The molecular weight excluding hydrogens is 176 g/mol. The van der Waals surface area contributed by atoms with E-state index in [-0.39, 0.29) is 5.97 Å². The molecule has 0 radical (unpaired) electrons. The Morgan fingerprint density at radius 3 is 2.57 bits per heavy atom. The van der Waals surface area contributed by atoms with Gasteiger partial charge in [0.25, 0.3) is 0 Å². The quantitative estimate of drug-likeness (QED) is 0.369. The summed E-state index contributed by atoms with van der Waals surface area (Å²) in [7, 11) is 0. The van der Waals surface area contributed by atoms with E-state index < -0.39 is 0 Å². The van der Waals surface area contributed by atoms with Gasteiger partial charge in [-0.3, -0.25) is 0 Å². The lowest BCUT2D eigenvalue weighted by Gasteiger charge is -1.98. The third-order valence-corrected chi connectivity index (χ3v) is 1.50. The first kappa shape index (κ1) is 12.7. The SMILES string of the molecule is C=C(C)C(=O)OC/C=C/C=CCCC. The van der Waals surface area contributed by atoms with Crippen LogP contribution in [0.4, 0.5) is 0 Å². The highest BCUT2D eigenvalue weighted by Gasteiger charge is 1.99. The third-order valence-electron chi connectivity index (χ3n) is 1.50. The van der Waals surface area contributed by atoms with Crippen LogP contribution in [-0.4, -0.2) is 12.6 Å². The van der Waals surface area contributed by atoms with Crippen LogP contribution in [0.5, 0.6) is 0 Å². The average Bonchev–Trinajstić information content (AvgIpc) is 2.16. The molecule has 2 heteroatoms. The maximum atomic E-state index is 10.9. The van der Waals surface area contributed by atoms with Gasteiger partial charge in [-0.1, -0.05) is 38.2 Å². The van der Waals surface area contributed by atoms with Gasteiger partial charge in [0.1, 0.15) is 6.61 Å². The summed E-state index contributed by atoms with van der Waals surface area (Å²) in [5, 5.41) is 0. The van der Waals surface area contributed by atoms with Crippen molar-refractivity contribution < 1.29 is 9.53 Å². The molecule has 0 N–H and O–H groups in total. The fourth-order valence-corrected chi connectivity index (χ4v) is 0.723. The van der Waals surface area contributed by atoms with E-state index in [9.17, 15) is 4.79 Å². The first-order chi connectivity index (χ1) is 6.68. The van der Waals surface area contributed by atoms with Crippen molar-refractivity contribution in [2.75, 3.05) is 6.61 Å². The van der Waals surface area contributed by atoms with Crippen molar-refractivity contribution in [2.45, 2.75) is 26.7 Å². The summed E-state index contributed by atoms with van der Waals surface area (Å²) in [6, 6.07) is 0. The lowest BCUT2D eigenvalue weighted by molar-refractivity contribution is -0.137. The van der Waals surface area contributed by atoms with Crippen molar-refractivity contribution in [1.29, 1.82) is 0 Å². The van der Waals surface area contributed by atoms with Crippen LogP contribution in [-0.2, 0) is 9.53 Å². The first-order valence-corrected chi connectivity index (χ1v) is 4.82. The lowest BCUT2D eigenvalue weighted by atomic mass is 10.3. The Balaban J connectivity index is 3.53. The van der Waals surface area contributed by atoms with Crippen molar-refractivity contribution in [3.8, 4) is 0 Å². The number of esters is 1. The van der Waals surface area contributed by atoms with Crippen LogP contribution in [0.2, 0.25) is 0 Å². The maximum absolute atomic E-state index is 10.9. The molecule has 0 aromatic heterocycles. The van der Waals surface area contributed by atoms with Crippen LogP contribution in [0.3, 0.4) is 0 Å². The van der Waals surface area contributed by atoms with Gasteiger partial charge in [0.05, 0.1) is 0 Å². The highest BCUT2D eigenvalue weighted by molar-refractivity contribution is 5.86. The molecule has 0 aliphatic carbocycles. The molecule has 0 rings (SSSR count). The minimum absolute atomic E-state index is 0.308. The molecule has 0 saturated heterocycles. The van der Waals surface area contributed by atoms with Gasteiger partial charge in [-0.2, -0.15) is 0 Å². The van der Waals surface area contributed by atoms with Crippen LogP contribution >= 0.6 is 0 Å². The Morgan fingerprint density at radius 1 is 1.36 bits per heavy atom. The molecule has 0 atom stereocenters. The molecule has 0 spiro atoms. The second-order valence-corrected chi connectivity index (χ2v) is 3.02. The molecule has 0 aliphatic rings. The Kier molecular flexibility index (Phi) is 7.52. The van der Waals surface area contributed by atoms with Gasteiger partial charge in [-0.25, -0.2) is 4.79 Å². The van der Waals surface area contributed by atoms with Gasteiger partial charge in [-0.15, -0.1) is 0 Å². The molecule has 0 bridgehead atoms. The maximum Gasteiger partial charge on any atom is 0.333 e. The summed E-state index contributed by atoms with van der Waals surface area (Å²) in [6.07, 6.45) is 9.94. The second-order valence-electron chi connectivity index (χ2n) is 3.02. The van der Waals surface area contributed by atoms with E-state index in [4.69, 9.17) is 4.74 Å². The largest absolute Gasteiger partial charge is 0.458 e. The summed E-state index contributed by atoms with van der Waals surface area (Å²) in [5.74, 6) is -0.341. The van der Waals surface area contributed by atoms with Gasteiger partial charge < -0.3 is 4.74 Å². The number of carbonyl (C=O) groups is 1. The Hall–Kier alpha value is -1.31. The number of unbranched alkanes of at least 4 members (excludes halogenated alkanes) is 1. The van der Waals surface area contributed by atoms with E-state index in [1.807, 2.05) is 12.2 Å². The smallest absolute Gasteiger partial charge is 0.333 e. The van der Waals surface area contributed by atoms with Gasteiger partial charge >= 0.3 is 5.97 Å². The predicted octanol–water partition coefficient (Wildman–Crippen LogP) is 3.02. The molecule has 78 valence electrons. The predicted molar refractivity (Wildman–Crippen MR) is 59.0 cm³/mol. The van der Waals surface area contributed by atoms with Gasteiger partial charge in [-0.05, 0) is 19.4 Å². The average molecular weight is 194 g/mol. The number of allylic oxidation sites excluding steroid dienone is 3. The number of rotatable bonds is 6. The zero-order valence-corrected chi connectivity index (χ0v) is 8.95. The number of carbonyl (C=O) groups excluding carboxylic acids is 1. The van der Waals surface area contributed by atoms with E-state index >= 15 is 0 Å². The fourth-order valence-electron chi connectivity index (χ4n) is 0.723. The molecular formula is C12H18O2. The van der Waals surface area contributed by atoms with E-state index in [0.717, 1.165) is 12.8 Å². The summed E-state index contributed by atoms with van der Waals surface area (Å²) >= 11 is 0. The molecule has 0 heterocycles. The highest BCUT2D eigenvalue weighted by atomic mass is 16.5. The topological polar surface area (TPSA) is 26.3 Å². The van der Waals surface area contributed by atoms with Crippen molar-refractivity contribution in [1.82, 2.24) is 0 Å². The van der Waals surface area contributed by atoms with E-state index in [1.165, 1.54) is 0 Å². The van der Waals surface area contributed by atoms with Crippen molar-refractivity contribution in [3.63, 3.8) is 0 Å². The second kappa shape index (κ2) is 8.30. The minimum atomic E-state index is -0.341. The van der Waals surface area contributed by atoms with E-state index in [2.05, 4.69) is 19.6 Å². The highest BCUT2D eigenvalue weighted by Crippen LogP contribution is 1.92. The van der Waals surface area contributed by atoms with Crippen molar-refractivity contribution >= 4 is 5.97 Å². The Bertz CT molecular complexity index is 237.